The molecular weight excluding hydrogens is 238 g/mol. The summed E-state index contributed by atoms with van der Waals surface area (Å²) in [7, 11) is 0. The molecule has 0 aliphatic rings. The Morgan fingerprint density at radius 2 is 2.18 bits per heavy atom. The monoisotopic (exact) mass is 251 g/mol. The van der Waals surface area contributed by atoms with Gasteiger partial charge in [-0.25, -0.2) is 9.78 Å². The van der Waals surface area contributed by atoms with Gasteiger partial charge in [-0.3, -0.25) is 4.68 Å². The van der Waals surface area contributed by atoms with Crippen molar-refractivity contribution < 1.29 is 9.90 Å². The second kappa shape index (κ2) is 4.29. The predicted octanol–water partition coefficient (Wildman–Crippen LogP) is 2.01. The van der Waals surface area contributed by atoms with Gasteiger partial charge in [-0.1, -0.05) is 0 Å². The fraction of sp³-hybridized carbons (Fsp3) is 0.364. The smallest absolute Gasteiger partial charge is 0.339 e. The number of thiazole rings is 1. The van der Waals surface area contributed by atoms with Crippen LogP contribution in [0.1, 0.15) is 31.6 Å². The quantitative estimate of drug-likeness (QED) is 0.906. The normalized spacial score (nSPS) is 10.8. The lowest BCUT2D eigenvalue weighted by Crippen LogP contribution is -2.05. The summed E-state index contributed by atoms with van der Waals surface area (Å²) >= 11 is 1.62. The third-order valence-electron chi connectivity index (χ3n) is 2.69. The highest BCUT2D eigenvalue weighted by Crippen LogP contribution is 2.18. The molecule has 0 radical (unpaired) electrons. The molecule has 2 heterocycles. The van der Waals surface area contributed by atoms with E-state index >= 15 is 0 Å². The zero-order valence-corrected chi connectivity index (χ0v) is 10.7. The van der Waals surface area contributed by atoms with Crippen molar-refractivity contribution in [1.29, 1.82) is 0 Å². The fourth-order valence-corrected chi connectivity index (χ4v) is 2.47. The Kier molecular flexibility index (Phi) is 2.97. The first kappa shape index (κ1) is 11.8. The molecule has 0 fully saturated rings. The van der Waals surface area contributed by atoms with Crippen LogP contribution in [0.5, 0.6) is 0 Å². The van der Waals surface area contributed by atoms with E-state index in [1.807, 2.05) is 13.8 Å². The third-order valence-corrected chi connectivity index (χ3v) is 3.75. The molecule has 6 heteroatoms. The summed E-state index contributed by atoms with van der Waals surface area (Å²) in [5.41, 5.74) is 1.92. The van der Waals surface area contributed by atoms with E-state index in [1.165, 1.54) is 11.1 Å². The van der Waals surface area contributed by atoms with Gasteiger partial charge in [-0.05, 0) is 20.8 Å². The van der Waals surface area contributed by atoms with Gasteiger partial charge >= 0.3 is 5.97 Å². The molecule has 1 N–H and O–H groups in total. The number of carbonyl (C=O) groups is 1. The van der Waals surface area contributed by atoms with Crippen LogP contribution in [0.3, 0.4) is 0 Å². The second-order valence-electron chi connectivity index (χ2n) is 3.86. The highest BCUT2D eigenvalue weighted by atomic mass is 32.1. The van der Waals surface area contributed by atoms with E-state index in [0.717, 1.165) is 10.7 Å². The minimum absolute atomic E-state index is 0.245. The topological polar surface area (TPSA) is 68.0 Å². The molecule has 0 spiro atoms. The highest BCUT2D eigenvalue weighted by Gasteiger charge is 2.14. The van der Waals surface area contributed by atoms with Crippen molar-refractivity contribution in [1.82, 2.24) is 14.8 Å². The Hall–Kier alpha value is -1.69. The summed E-state index contributed by atoms with van der Waals surface area (Å²) in [6, 6.07) is 0. The van der Waals surface area contributed by atoms with Crippen molar-refractivity contribution in [2.75, 3.05) is 0 Å². The molecule has 2 aromatic heterocycles. The van der Waals surface area contributed by atoms with Gasteiger partial charge < -0.3 is 5.11 Å². The van der Waals surface area contributed by atoms with E-state index in [4.69, 9.17) is 5.11 Å². The molecule has 0 bridgehead atoms. The second-order valence-corrected chi connectivity index (χ2v) is 5.14. The van der Waals surface area contributed by atoms with Crippen LogP contribution < -0.4 is 0 Å². The van der Waals surface area contributed by atoms with Crippen LogP contribution in [0.25, 0.3) is 0 Å². The zero-order chi connectivity index (χ0) is 12.6. The Balaban J connectivity index is 2.27. The van der Waals surface area contributed by atoms with Crippen LogP contribution in [-0.2, 0) is 6.54 Å². The van der Waals surface area contributed by atoms with E-state index in [-0.39, 0.29) is 5.56 Å². The molecule has 17 heavy (non-hydrogen) atoms. The third kappa shape index (κ3) is 2.21. The maximum absolute atomic E-state index is 10.9. The van der Waals surface area contributed by atoms with E-state index in [9.17, 15) is 4.79 Å². The average molecular weight is 251 g/mol. The van der Waals surface area contributed by atoms with Crippen LogP contribution in [-0.4, -0.2) is 25.8 Å². The lowest BCUT2D eigenvalue weighted by atomic mass is 10.3. The maximum Gasteiger partial charge on any atom is 0.339 e. The first-order valence-electron chi connectivity index (χ1n) is 5.17. The Labute approximate surface area is 103 Å². The molecule has 0 aromatic carbocycles. The van der Waals surface area contributed by atoms with Crippen molar-refractivity contribution in [3.05, 3.63) is 33.0 Å². The van der Waals surface area contributed by atoms with Crippen molar-refractivity contribution >= 4 is 17.3 Å². The number of aromatic nitrogens is 3. The minimum atomic E-state index is -0.944. The van der Waals surface area contributed by atoms with Crippen molar-refractivity contribution in [2.45, 2.75) is 27.3 Å². The molecule has 0 saturated heterocycles. The molecule has 90 valence electrons. The van der Waals surface area contributed by atoms with Gasteiger partial charge in [0.15, 0.2) is 0 Å². The number of carboxylic acids is 1. The Morgan fingerprint density at radius 3 is 2.65 bits per heavy atom. The van der Waals surface area contributed by atoms with Crippen LogP contribution in [0.15, 0.2) is 6.20 Å². The van der Waals surface area contributed by atoms with Crippen molar-refractivity contribution in [3.63, 3.8) is 0 Å². The molecule has 5 nitrogen and oxygen atoms in total. The van der Waals surface area contributed by atoms with Crippen LogP contribution >= 0.6 is 11.3 Å². The van der Waals surface area contributed by atoms with E-state index in [0.29, 0.717) is 12.2 Å². The van der Waals surface area contributed by atoms with Crippen molar-refractivity contribution in [2.24, 2.45) is 0 Å². The van der Waals surface area contributed by atoms with Gasteiger partial charge in [0.2, 0.25) is 0 Å². The molecule has 0 saturated carbocycles. The summed E-state index contributed by atoms with van der Waals surface area (Å²) in [6.45, 7) is 6.27. The van der Waals surface area contributed by atoms with Gasteiger partial charge in [-0.15, -0.1) is 11.3 Å². The minimum Gasteiger partial charge on any atom is -0.478 e. The number of hydrogen-bond acceptors (Lipinski definition) is 4. The summed E-state index contributed by atoms with van der Waals surface area (Å²) in [5, 5.41) is 13.9. The Morgan fingerprint density at radius 1 is 1.47 bits per heavy atom. The Bertz CT molecular complexity index is 552. The van der Waals surface area contributed by atoms with E-state index in [1.54, 1.807) is 22.9 Å². The van der Waals surface area contributed by atoms with Gasteiger partial charge in [0, 0.05) is 4.88 Å². The van der Waals surface area contributed by atoms with Crippen LogP contribution in [0.4, 0.5) is 0 Å². The molecule has 0 amide bonds. The summed E-state index contributed by atoms with van der Waals surface area (Å²) in [5.74, 6) is -0.944. The summed E-state index contributed by atoms with van der Waals surface area (Å²) in [6.07, 6.45) is 1.38. The first-order chi connectivity index (χ1) is 7.99. The molecule has 2 rings (SSSR count). The van der Waals surface area contributed by atoms with Crippen LogP contribution in [0, 0.1) is 20.8 Å². The molecule has 0 atom stereocenters. The molecule has 0 aliphatic heterocycles. The molecular formula is C11H13N3O2S. The number of carboxylic acid groups (broad SMARTS) is 1. The standard InChI is InChI=1S/C11H13N3O2S/c1-6-8(3)17-10(13-6)5-14-7(2)9(4-12-14)11(15)16/h4H,5H2,1-3H3,(H,15,16). The molecule has 2 aromatic rings. The molecule has 0 aliphatic carbocycles. The van der Waals surface area contributed by atoms with Gasteiger partial charge in [0.05, 0.1) is 24.1 Å². The average Bonchev–Trinajstić information content (AvgIpc) is 2.74. The van der Waals surface area contributed by atoms with E-state index in [2.05, 4.69) is 10.1 Å². The SMILES string of the molecule is Cc1nc(Cn2ncc(C(=O)O)c2C)sc1C. The number of aryl methyl sites for hydroxylation is 2. The predicted molar refractivity (Wildman–Crippen MR) is 64.6 cm³/mol. The maximum atomic E-state index is 10.9. The van der Waals surface area contributed by atoms with Gasteiger partial charge in [0.1, 0.15) is 10.6 Å². The van der Waals surface area contributed by atoms with Crippen molar-refractivity contribution in [3.8, 4) is 0 Å². The molecule has 0 unspecified atom stereocenters. The zero-order valence-electron chi connectivity index (χ0n) is 9.89. The number of rotatable bonds is 3. The largest absolute Gasteiger partial charge is 0.478 e. The number of hydrogen-bond donors (Lipinski definition) is 1. The van der Waals surface area contributed by atoms with Crippen LogP contribution in [0.2, 0.25) is 0 Å². The number of nitrogens with zero attached hydrogens (tertiary/aromatic N) is 3. The van der Waals surface area contributed by atoms with Gasteiger partial charge in [-0.2, -0.15) is 5.10 Å². The lowest BCUT2D eigenvalue weighted by molar-refractivity contribution is 0.0696. The lowest BCUT2D eigenvalue weighted by Gasteiger charge is -2.01. The highest BCUT2D eigenvalue weighted by molar-refractivity contribution is 7.11. The number of aromatic carboxylic acids is 1. The summed E-state index contributed by atoms with van der Waals surface area (Å²) < 4.78 is 1.67. The van der Waals surface area contributed by atoms with E-state index < -0.39 is 5.97 Å². The summed E-state index contributed by atoms with van der Waals surface area (Å²) in [4.78, 5) is 16.5. The fourth-order valence-electron chi connectivity index (χ4n) is 1.55. The van der Waals surface area contributed by atoms with Gasteiger partial charge in [0.25, 0.3) is 0 Å². The first-order valence-corrected chi connectivity index (χ1v) is 5.99.